The van der Waals surface area contributed by atoms with Crippen LogP contribution in [0.25, 0.3) is 11.5 Å². The van der Waals surface area contributed by atoms with Crippen LogP contribution in [0.1, 0.15) is 24.8 Å². The topological polar surface area (TPSA) is 89.2 Å². The Kier molecular flexibility index (Phi) is 4.06. The van der Waals surface area contributed by atoms with Crippen LogP contribution in [0.4, 0.5) is 0 Å². The van der Waals surface area contributed by atoms with Crippen molar-refractivity contribution in [1.29, 1.82) is 0 Å². The van der Waals surface area contributed by atoms with Crippen LogP contribution in [-0.2, 0) is 10.0 Å². The summed E-state index contributed by atoms with van der Waals surface area (Å²) in [7, 11) is -3.60. The molecule has 0 radical (unpaired) electrons. The van der Waals surface area contributed by atoms with E-state index in [2.05, 4.69) is 15.2 Å². The molecular formula is C17H16N4O3S. The summed E-state index contributed by atoms with van der Waals surface area (Å²) in [6.45, 7) is 0.437. The first-order valence-corrected chi connectivity index (χ1v) is 9.41. The summed E-state index contributed by atoms with van der Waals surface area (Å²) in [5, 5.41) is 8.12. The first-order valence-electron chi connectivity index (χ1n) is 7.97. The number of hydrogen-bond donors (Lipinski definition) is 0. The summed E-state index contributed by atoms with van der Waals surface area (Å²) in [6.07, 6.45) is 4.69. The van der Waals surface area contributed by atoms with Gasteiger partial charge >= 0.3 is 0 Å². The van der Waals surface area contributed by atoms with E-state index in [1.165, 1.54) is 4.31 Å². The zero-order chi connectivity index (χ0) is 17.3. The molecule has 1 aliphatic heterocycles. The first-order chi connectivity index (χ1) is 12.2. The molecule has 128 valence electrons. The lowest BCUT2D eigenvalue weighted by Crippen LogP contribution is -2.30. The maximum atomic E-state index is 12.9. The molecule has 1 saturated heterocycles. The van der Waals surface area contributed by atoms with Gasteiger partial charge in [0.25, 0.3) is 0 Å². The van der Waals surface area contributed by atoms with Crippen molar-refractivity contribution in [1.82, 2.24) is 19.5 Å². The summed E-state index contributed by atoms with van der Waals surface area (Å²) in [6, 6.07) is 11.6. The molecule has 1 aliphatic rings. The fraction of sp³-hybridized carbons (Fsp3) is 0.235. The molecule has 25 heavy (non-hydrogen) atoms. The summed E-state index contributed by atoms with van der Waals surface area (Å²) in [4.78, 5) is 4.30. The molecule has 1 fully saturated rings. The van der Waals surface area contributed by atoms with E-state index in [4.69, 9.17) is 4.42 Å². The molecule has 1 atom stereocenters. The Morgan fingerprint density at radius 2 is 1.92 bits per heavy atom. The molecule has 7 nitrogen and oxygen atoms in total. The van der Waals surface area contributed by atoms with E-state index in [-0.39, 0.29) is 4.90 Å². The molecule has 0 aliphatic carbocycles. The molecule has 2 aromatic heterocycles. The third-order valence-electron chi connectivity index (χ3n) is 4.19. The van der Waals surface area contributed by atoms with E-state index in [0.29, 0.717) is 30.3 Å². The highest BCUT2D eigenvalue weighted by Crippen LogP contribution is 2.36. The first kappa shape index (κ1) is 15.9. The number of rotatable bonds is 4. The largest absolute Gasteiger partial charge is 0.419 e. The Balaban J connectivity index is 1.66. The van der Waals surface area contributed by atoms with Crippen LogP contribution in [0.15, 0.2) is 64.2 Å². The van der Waals surface area contributed by atoms with Gasteiger partial charge in [-0.1, -0.05) is 18.2 Å². The molecule has 0 spiro atoms. The lowest BCUT2D eigenvalue weighted by Gasteiger charge is -2.21. The van der Waals surface area contributed by atoms with Gasteiger partial charge in [0.15, 0.2) is 0 Å². The lowest BCUT2D eigenvalue weighted by molar-refractivity contribution is 0.332. The molecule has 8 heteroatoms. The van der Waals surface area contributed by atoms with Crippen molar-refractivity contribution >= 4 is 10.0 Å². The van der Waals surface area contributed by atoms with Gasteiger partial charge in [-0.05, 0) is 37.1 Å². The van der Waals surface area contributed by atoms with E-state index < -0.39 is 16.1 Å². The molecular weight excluding hydrogens is 340 g/mol. The molecule has 3 aromatic rings. The van der Waals surface area contributed by atoms with Crippen molar-refractivity contribution < 1.29 is 12.8 Å². The Morgan fingerprint density at radius 1 is 1.08 bits per heavy atom. The van der Waals surface area contributed by atoms with Crippen molar-refractivity contribution in [2.45, 2.75) is 23.8 Å². The van der Waals surface area contributed by atoms with Crippen LogP contribution in [0, 0.1) is 0 Å². The highest BCUT2D eigenvalue weighted by molar-refractivity contribution is 7.89. The minimum Gasteiger partial charge on any atom is -0.419 e. The van der Waals surface area contributed by atoms with Gasteiger partial charge in [0.2, 0.25) is 21.8 Å². The second kappa shape index (κ2) is 6.38. The zero-order valence-electron chi connectivity index (χ0n) is 13.3. The number of hydrogen-bond acceptors (Lipinski definition) is 6. The quantitative estimate of drug-likeness (QED) is 0.714. The van der Waals surface area contributed by atoms with Gasteiger partial charge in [-0.25, -0.2) is 8.42 Å². The fourth-order valence-corrected chi connectivity index (χ4v) is 4.65. The summed E-state index contributed by atoms with van der Waals surface area (Å²) in [5.74, 6) is 0.655. The molecule has 0 N–H and O–H groups in total. The van der Waals surface area contributed by atoms with Gasteiger partial charge in [0.1, 0.15) is 6.04 Å². The molecule has 3 heterocycles. The number of pyridine rings is 1. The molecule has 1 aromatic carbocycles. The van der Waals surface area contributed by atoms with Gasteiger partial charge in [-0.15, -0.1) is 10.2 Å². The second-order valence-corrected chi connectivity index (χ2v) is 7.66. The maximum Gasteiger partial charge on any atom is 0.249 e. The lowest BCUT2D eigenvalue weighted by atomic mass is 10.2. The Bertz CT molecular complexity index is 958. The number of aromatic nitrogens is 3. The highest BCUT2D eigenvalue weighted by atomic mass is 32.2. The van der Waals surface area contributed by atoms with Crippen LogP contribution >= 0.6 is 0 Å². The van der Waals surface area contributed by atoms with E-state index in [1.807, 2.05) is 6.07 Å². The highest BCUT2D eigenvalue weighted by Gasteiger charge is 2.39. The number of sulfonamides is 1. The smallest absolute Gasteiger partial charge is 0.249 e. The summed E-state index contributed by atoms with van der Waals surface area (Å²) < 4.78 is 33.0. The fourth-order valence-electron chi connectivity index (χ4n) is 2.98. The zero-order valence-corrected chi connectivity index (χ0v) is 14.1. The van der Waals surface area contributed by atoms with Crippen LogP contribution in [0.2, 0.25) is 0 Å². The summed E-state index contributed by atoms with van der Waals surface area (Å²) in [5.41, 5.74) is 0.705. The van der Waals surface area contributed by atoms with Crippen LogP contribution in [-0.4, -0.2) is 34.4 Å². The minimum absolute atomic E-state index is 0.272. The van der Waals surface area contributed by atoms with Gasteiger partial charge in [0.05, 0.1) is 10.5 Å². The maximum absolute atomic E-state index is 12.9. The predicted molar refractivity (Wildman–Crippen MR) is 89.8 cm³/mol. The van der Waals surface area contributed by atoms with Crippen molar-refractivity contribution in [3.8, 4) is 11.5 Å². The summed E-state index contributed by atoms with van der Waals surface area (Å²) >= 11 is 0. The minimum atomic E-state index is -3.60. The van der Waals surface area contributed by atoms with Gasteiger partial charge in [-0.2, -0.15) is 4.31 Å². The van der Waals surface area contributed by atoms with Crippen molar-refractivity contribution in [3.63, 3.8) is 0 Å². The monoisotopic (exact) mass is 356 g/mol. The van der Waals surface area contributed by atoms with Gasteiger partial charge < -0.3 is 4.42 Å². The molecule has 4 rings (SSSR count). The second-order valence-electron chi connectivity index (χ2n) is 5.77. The third kappa shape index (κ3) is 2.94. The van der Waals surface area contributed by atoms with Gasteiger partial charge in [-0.3, -0.25) is 4.98 Å². The van der Waals surface area contributed by atoms with Gasteiger partial charge in [0, 0.05) is 18.9 Å². The van der Waals surface area contributed by atoms with Crippen LogP contribution < -0.4 is 0 Å². The third-order valence-corrected chi connectivity index (χ3v) is 6.11. The van der Waals surface area contributed by atoms with E-state index in [9.17, 15) is 8.42 Å². The molecule has 0 saturated carbocycles. The van der Waals surface area contributed by atoms with Crippen molar-refractivity contribution in [3.05, 3.63) is 60.7 Å². The molecule has 0 amide bonds. The van der Waals surface area contributed by atoms with E-state index >= 15 is 0 Å². The number of benzene rings is 1. The van der Waals surface area contributed by atoms with Crippen molar-refractivity contribution in [2.75, 3.05) is 6.54 Å². The average molecular weight is 356 g/mol. The van der Waals surface area contributed by atoms with Crippen LogP contribution in [0.5, 0.6) is 0 Å². The van der Waals surface area contributed by atoms with E-state index in [0.717, 1.165) is 6.42 Å². The standard InChI is InChI=1S/C17H16N4O3S/c22-25(23,14-7-2-1-3-8-14)21-11-5-9-15(21)17-20-19-16(24-17)13-6-4-10-18-12-13/h1-4,6-8,10,12,15H,5,9,11H2/t15-/m1/s1. The Hall–Kier alpha value is -2.58. The molecule has 0 bridgehead atoms. The Morgan fingerprint density at radius 3 is 2.68 bits per heavy atom. The van der Waals surface area contributed by atoms with Crippen molar-refractivity contribution in [2.24, 2.45) is 0 Å². The Labute approximate surface area is 145 Å². The molecule has 0 unspecified atom stereocenters. The van der Waals surface area contributed by atoms with Crippen LogP contribution in [0.3, 0.4) is 0 Å². The SMILES string of the molecule is O=S(=O)(c1ccccc1)N1CCC[C@@H]1c1nnc(-c2cccnc2)o1. The normalized spacial score (nSPS) is 18.5. The average Bonchev–Trinajstić information content (AvgIpc) is 3.33. The predicted octanol–water partition coefficient (Wildman–Crippen LogP) is 2.66. The van der Waals surface area contributed by atoms with E-state index in [1.54, 1.807) is 48.8 Å². The number of nitrogens with zero attached hydrogens (tertiary/aromatic N) is 4.